The first-order chi connectivity index (χ1) is 17.9. The second kappa shape index (κ2) is 14.6. The van der Waals surface area contributed by atoms with E-state index >= 15 is 0 Å². The molecule has 0 aromatic heterocycles. The van der Waals surface area contributed by atoms with Crippen LogP contribution in [0.1, 0.15) is 53.1 Å². The molecule has 0 aliphatic rings. The summed E-state index contributed by atoms with van der Waals surface area (Å²) in [5, 5.41) is 3.09. The van der Waals surface area contributed by atoms with Crippen molar-refractivity contribution in [3.63, 3.8) is 0 Å². The van der Waals surface area contributed by atoms with Crippen LogP contribution in [0.25, 0.3) is 0 Å². The second-order valence-electron chi connectivity index (χ2n) is 9.79. The molecule has 0 aliphatic carbocycles. The largest absolute Gasteiger partial charge is 0.354 e. The Morgan fingerprint density at radius 1 is 0.892 bits per heavy atom. The van der Waals surface area contributed by atoms with Gasteiger partial charge in [0, 0.05) is 25.3 Å². The van der Waals surface area contributed by atoms with Crippen LogP contribution in [0.15, 0.2) is 72.8 Å². The van der Waals surface area contributed by atoms with Gasteiger partial charge in [0.15, 0.2) is 0 Å². The highest BCUT2D eigenvalue weighted by Crippen LogP contribution is 2.21. The van der Waals surface area contributed by atoms with Crippen molar-refractivity contribution >= 4 is 23.6 Å². The van der Waals surface area contributed by atoms with Crippen LogP contribution in [-0.2, 0) is 28.3 Å². The number of hydrogen-bond acceptors (Lipinski definition) is 3. The van der Waals surface area contributed by atoms with Crippen LogP contribution >= 0.6 is 11.8 Å². The molecule has 0 saturated carbocycles. The fourth-order valence-electron chi connectivity index (χ4n) is 4.52. The summed E-state index contributed by atoms with van der Waals surface area (Å²) in [6.45, 7) is 9.39. The van der Waals surface area contributed by atoms with Crippen LogP contribution in [0.5, 0.6) is 0 Å². The van der Waals surface area contributed by atoms with E-state index < -0.39 is 6.04 Å². The second-order valence-corrected chi connectivity index (χ2v) is 10.8. The summed E-state index contributed by atoms with van der Waals surface area (Å²) in [6.07, 6.45) is 2.41. The number of nitrogens with zero attached hydrogens (tertiary/aromatic N) is 1. The predicted molar refractivity (Wildman–Crippen MR) is 156 cm³/mol. The van der Waals surface area contributed by atoms with E-state index in [4.69, 9.17) is 0 Å². The van der Waals surface area contributed by atoms with Gasteiger partial charge in [-0.2, -0.15) is 0 Å². The third kappa shape index (κ3) is 9.08. The van der Waals surface area contributed by atoms with Crippen LogP contribution in [0, 0.1) is 20.8 Å². The number of nitrogens with one attached hydrogen (secondary N) is 1. The van der Waals surface area contributed by atoms with Crippen molar-refractivity contribution in [1.29, 1.82) is 0 Å². The average Bonchev–Trinajstić information content (AvgIpc) is 2.87. The lowest BCUT2D eigenvalue weighted by atomic mass is 10.0. The van der Waals surface area contributed by atoms with E-state index in [1.165, 1.54) is 16.7 Å². The van der Waals surface area contributed by atoms with Gasteiger partial charge in [-0.25, -0.2) is 0 Å². The summed E-state index contributed by atoms with van der Waals surface area (Å²) in [5.41, 5.74) is 6.91. The molecule has 1 unspecified atom stereocenters. The van der Waals surface area contributed by atoms with Gasteiger partial charge in [0.2, 0.25) is 11.8 Å². The summed E-state index contributed by atoms with van der Waals surface area (Å²) >= 11 is 1.61. The Labute approximate surface area is 226 Å². The van der Waals surface area contributed by atoms with Crippen molar-refractivity contribution in [2.24, 2.45) is 0 Å². The number of amides is 2. The van der Waals surface area contributed by atoms with Crippen molar-refractivity contribution in [2.45, 2.75) is 65.3 Å². The first-order valence-electron chi connectivity index (χ1n) is 13.2. The lowest BCUT2D eigenvalue weighted by Crippen LogP contribution is -2.51. The van der Waals surface area contributed by atoms with Gasteiger partial charge in [0.05, 0.1) is 5.75 Å². The lowest BCUT2D eigenvalue weighted by molar-refractivity contribution is -0.139. The van der Waals surface area contributed by atoms with Gasteiger partial charge >= 0.3 is 0 Å². The van der Waals surface area contributed by atoms with Crippen molar-refractivity contribution in [3.05, 3.63) is 106 Å². The summed E-state index contributed by atoms with van der Waals surface area (Å²) in [7, 11) is 0. The highest BCUT2D eigenvalue weighted by Gasteiger charge is 2.30. The zero-order chi connectivity index (χ0) is 26.6. The summed E-state index contributed by atoms with van der Waals surface area (Å²) in [5.74, 6) is 0.994. The number of unbranched alkanes of at least 4 members (excludes halogenated alkanes) is 1. The molecule has 0 bridgehead atoms. The minimum Gasteiger partial charge on any atom is -0.354 e. The summed E-state index contributed by atoms with van der Waals surface area (Å²) in [4.78, 5) is 29.1. The standard InChI is InChI=1S/C32H40N2O2S/c1-5-6-16-33-32(36)30(20-27-13-8-7-9-14-27)34(21-29-15-11-10-12-26(29)4)31(35)23-37-22-28-18-24(2)17-25(3)19-28/h7-15,17-19,30H,5-6,16,20-23H2,1-4H3,(H,33,36). The van der Waals surface area contributed by atoms with Crippen molar-refractivity contribution in [2.75, 3.05) is 12.3 Å². The fraction of sp³-hybridized carbons (Fsp3) is 0.375. The molecule has 37 heavy (non-hydrogen) atoms. The van der Waals surface area contributed by atoms with Gasteiger partial charge < -0.3 is 10.2 Å². The Balaban J connectivity index is 1.84. The Kier molecular flexibility index (Phi) is 11.3. The Hall–Kier alpha value is -3.05. The minimum atomic E-state index is -0.576. The maximum Gasteiger partial charge on any atom is 0.243 e. The highest BCUT2D eigenvalue weighted by molar-refractivity contribution is 7.99. The third-order valence-electron chi connectivity index (χ3n) is 6.48. The molecule has 1 N–H and O–H groups in total. The summed E-state index contributed by atoms with van der Waals surface area (Å²) < 4.78 is 0. The van der Waals surface area contributed by atoms with Crippen LogP contribution in [0.3, 0.4) is 0 Å². The van der Waals surface area contributed by atoms with Crippen molar-refractivity contribution in [1.82, 2.24) is 10.2 Å². The van der Waals surface area contributed by atoms with Gasteiger partial charge in [-0.3, -0.25) is 9.59 Å². The van der Waals surface area contributed by atoms with Gasteiger partial charge in [0.25, 0.3) is 0 Å². The molecule has 2 amide bonds. The first kappa shape index (κ1) is 28.5. The van der Waals surface area contributed by atoms with Crippen LogP contribution < -0.4 is 5.32 Å². The SMILES string of the molecule is CCCCNC(=O)C(Cc1ccccc1)N(Cc1ccccc1C)C(=O)CSCc1cc(C)cc(C)c1. The van der Waals surface area contributed by atoms with Gasteiger partial charge in [-0.1, -0.05) is 97.3 Å². The van der Waals surface area contributed by atoms with E-state index in [1.807, 2.05) is 48.5 Å². The van der Waals surface area contributed by atoms with E-state index in [9.17, 15) is 9.59 Å². The molecule has 3 rings (SSSR count). The monoisotopic (exact) mass is 516 g/mol. The molecule has 5 heteroatoms. The molecule has 0 fully saturated rings. The Morgan fingerprint density at radius 3 is 2.24 bits per heavy atom. The topological polar surface area (TPSA) is 49.4 Å². The number of rotatable bonds is 13. The number of benzene rings is 3. The van der Waals surface area contributed by atoms with Crippen LogP contribution in [0.2, 0.25) is 0 Å². The van der Waals surface area contributed by atoms with Crippen LogP contribution in [-0.4, -0.2) is 35.1 Å². The van der Waals surface area contributed by atoms with Gasteiger partial charge in [-0.15, -0.1) is 11.8 Å². The molecule has 0 saturated heterocycles. The molecule has 196 valence electrons. The molecular formula is C32H40N2O2S. The lowest BCUT2D eigenvalue weighted by Gasteiger charge is -2.32. The Morgan fingerprint density at radius 2 is 1.57 bits per heavy atom. The predicted octanol–water partition coefficient (Wildman–Crippen LogP) is 6.40. The zero-order valence-electron chi connectivity index (χ0n) is 22.6. The summed E-state index contributed by atoms with van der Waals surface area (Å²) in [6, 6.07) is 24.0. The highest BCUT2D eigenvalue weighted by atomic mass is 32.2. The number of carbonyl (C=O) groups is 2. The molecule has 3 aromatic rings. The first-order valence-corrected chi connectivity index (χ1v) is 14.3. The van der Waals surface area contributed by atoms with E-state index in [1.54, 1.807) is 16.7 Å². The van der Waals surface area contributed by atoms with E-state index in [0.29, 0.717) is 25.3 Å². The molecule has 0 spiro atoms. The van der Waals surface area contributed by atoms with Crippen molar-refractivity contribution < 1.29 is 9.59 Å². The molecule has 3 aromatic carbocycles. The van der Waals surface area contributed by atoms with Gasteiger partial charge in [-0.05, 0) is 49.4 Å². The number of aryl methyl sites for hydroxylation is 3. The molecule has 0 radical (unpaired) electrons. The molecule has 4 nitrogen and oxygen atoms in total. The molecule has 1 atom stereocenters. The normalized spacial score (nSPS) is 11.7. The molecular weight excluding hydrogens is 476 g/mol. The number of thioether (sulfide) groups is 1. The maximum absolute atomic E-state index is 13.8. The molecule has 0 aliphatic heterocycles. The van der Waals surface area contributed by atoms with E-state index in [0.717, 1.165) is 35.3 Å². The molecule has 0 heterocycles. The fourth-order valence-corrected chi connectivity index (χ4v) is 5.37. The number of hydrogen-bond donors (Lipinski definition) is 1. The minimum absolute atomic E-state index is 0.01000. The van der Waals surface area contributed by atoms with E-state index in [-0.39, 0.29) is 11.8 Å². The third-order valence-corrected chi connectivity index (χ3v) is 7.47. The van der Waals surface area contributed by atoms with Crippen LogP contribution in [0.4, 0.5) is 0 Å². The Bertz CT molecular complexity index is 1140. The quantitative estimate of drug-likeness (QED) is 0.267. The van der Waals surface area contributed by atoms with Crippen molar-refractivity contribution in [3.8, 4) is 0 Å². The maximum atomic E-state index is 13.8. The average molecular weight is 517 g/mol. The smallest absolute Gasteiger partial charge is 0.243 e. The van der Waals surface area contributed by atoms with E-state index in [2.05, 4.69) is 57.3 Å². The number of carbonyl (C=O) groups excluding carboxylic acids is 2. The van der Waals surface area contributed by atoms with Gasteiger partial charge in [0.1, 0.15) is 6.04 Å². The zero-order valence-corrected chi connectivity index (χ0v) is 23.4.